The van der Waals surface area contributed by atoms with Gasteiger partial charge in [0.25, 0.3) is 0 Å². The fourth-order valence-electron chi connectivity index (χ4n) is 0. The maximum absolute atomic E-state index is 0. The quantitative estimate of drug-likeness (QED) is 0.393. The maximum atomic E-state index is 0. The summed E-state index contributed by atoms with van der Waals surface area (Å²) in [5, 5.41) is 0. The summed E-state index contributed by atoms with van der Waals surface area (Å²) in [5.41, 5.74) is 0. The summed E-state index contributed by atoms with van der Waals surface area (Å²) in [7, 11) is 0. The van der Waals surface area contributed by atoms with Crippen LogP contribution >= 0.6 is 0 Å². The van der Waals surface area contributed by atoms with Gasteiger partial charge < -0.3 is 27.4 Å². The maximum Gasteiger partial charge on any atom is 0 e. The van der Waals surface area contributed by atoms with Crippen LogP contribution in [0.3, 0.4) is 0 Å². The third-order valence-electron chi connectivity index (χ3n) is 0. The van der Waals surface area contributed by atoms with E-state index in [4.69, 9.17) is 0 Å². The van der Waals surface area contributed by atoms with Crippen molar-refractivity contribution < 1.29 is 72.1 Å². The molecule has 0 aliphatic heterocycles. The minimum absolute atomic E-state index is 0. The molecule has 0 heterocycles. The standard InChI is InChI=1S/2Nb.5H2O/h;;5*1H2. The van der Waals surface area contributed by atoms with Crippen molar-refractivity contribution in [1.82, 2.24) is 0 Å². The Hall–Kier alpha value is 1.28. The fourth-order valence-corrected chi connectivity index (χ4v) is 0. The van der Waals surface area contributed by atoms with Crippen molar-refractivity contribution in [2.45, 2.75) is 0 Å². The molecule has 0 rings (SSSR count). The molecule has 0 aromatic heterocycles. The molecule has 0 aromatic carbocycles. The van der Waals surface area contributed by atoms with Gasteiger partial charge in [-0.3, -0.25) is 0 Å². The zero-order chi connectivity index (χ0) is 0. The minimum atomic E-state index is 0. The van der Waals surface area contributed by atoms with Gasteiger partial charge in [0.2, 0.25) is 0 Å². The Balaban J connectivity index is 0. The molecule has 10 N–H and O–H groups in total. The minimum Gasteiger partial charge on any atom is -0.412 e. The second-order valence-corrected chi connectivity index (χ2v) is 0. The summed E-state index contributed by atoms with van der Waals surface area (Å²) < 4.78 is 0. The summed E-state index contributed by atoms with van der Waals surface area (Å²) in [6.45, 7) is 0. The van der Waals surface area contributed by atoms with Gasteiger partial charge in [0.05, 0.1) is 0 Å². The zero-order valence-corrected chi connectivity index (χ0v) is 7.79. The van der Waals surface area contributed by atoms with Crippen LogP contribution in [0, 0.1) is 0 Å². The molecule has 0 atom stereocenters. The normalized spacial score (nSPS) is 0. The summed E-state index contributed by atoms with van der Waals surface area (Å²) in [4.78, 5) is 0. The van der Waals surface area contributed by atoms with Crippen molar-refractivity contribution in [2.75, 3.05) is 0 Å². The van der Waals surface area contributed by atoms with Crippen LogP contribution in [0.2, 0.25) is 0 Å². The first-order chi connectivity index (χ1) is 0. The molecule has 7 heteroatoms. The first-order valence-corrected chi connectivity index (χ1v) is 0. The van der Waals surface area contributed by atoms with E-state index >= 15 is 0 Å². The Morgan fingerprint density at radius 2 is 0.286 bits per heavy atom. The number of hydrogen-bond acceptors (Lipinski definition) is 0. The van der Waals surface area contributed by atoms with Gasteiger partial charge in [-0.05, 0) is 0 Å². The van der Waals surface area contributed by atoms with Gasteiger partial charge >= 0.3 is 0 Å². The largest absolute Gasteiger partial charge is 0.412 e. The van der Waals surface area contributed by atoms with Crippen LogP contribution in [0.15, 0.2) is 0 Å². The van der Waals surface area contributed by atoms with E-state index in [1.54, 1.807) is 0 Å². The van der Waals surface area contributed by atoms with Crippen LogP contribution in [-0.4, -0.2) is 27.4 Å². The Morgan fingerprint density at radius 1 is 0.286 bits per heavy atom. The van der Waals surface area contributed by atoms with Crippen molar-refractivity contribution in [3.05, 3.63) is 0 Å². The smallest absolute Gasteiger partial charge is 0 e. The molecule has 50 valence electrons. The van der Waals surface area contributed by atoms with Gasteiger partial charge in [-0.1, -0.05) is 0 Å². The Morgan fingerprint density at radius 3 is 0.286 bits per heavy atom. The molecule has 7 heavy (non-hydrogen) atoms. The monoisotopic (exact) mass is 276 g/mol. The van der Waals surface area contributed by atoms with E-state index in [9.17, 15) is 0 Å². The predicted octanol–water partition coefficient (Wildman–Crippen LogP) is -4.13. The number of rotatable bonds is 0. The van der Waals surface area contributed by atoms with Crippen molar-refractivity contribution in [3.8, 4) is 0 Å². The van der Waals surface area contributed by atoms with E-state index < -0.39 is 0 Å². The van der Waals surface area contributed by atoms with E-state index in [2.05, 4.69) is 0 Å². The molecular weight excluding hydrogens is 266 g/mol. The molecule has 0 aliphatic carbocycles. The molecule has 5 nitrogen and oxygen atoms in total. The molecular formula is H10Nb2O5. The molecule has 0 fully saturated rings. The van der Waals surface area contributed by atoms with Gasteiger partial charge in [-0.25, -0.2) is 0 Å². The molecule has 0 bridgehead atoms. The fraction of sp³-hybridized carbons (Fsp3) is 0. The van der Waals surface area contributed by atoms with Crippen molar-refractivity contribution in [3.63, 3.8) is 0 Å². The number of hydrogen-bond donors (Lipinski definition) is 0. The molecule has 2 radical (unpaired) electrons. The van der Waals surface area contributed by atoms with E-state index in [0.29, 0.717) is 0 Å². The van der Waals surface area contributed by atoms with Crippen LogP contribution in [0.25, 0.3) is 0 Å². The molecule has 0 amide bonds. The SMILES string of the molecule is O.O.O.O.O.[Nb].[Nb]. The second kappa shape index (κ2) is 175. The average Bonchev–Trinajstić information content (AvgIpc) is 0. The summed E-state index contributed by atoms with van der Waals surface area (Å²) in [5.74, 6) is 0. The third kappa shape index (κ3) is 124. The summed E-state index contributed by atoms with van der Waals surface area (Å²) in [6.07, 6.45) is 0. The third-order valence-corrected chi connectivity index (χ3v) is 0. The Labute approximate surface area is 72.0 Å². The molecule has 0 aromatic rings. The first-order valence-electron chi connectivity index (χ1n) is 0. The molecule has 0 saturated carbocycles. The van der Waals surface area contributed by atoms with Gasteiger partial charge in [-0.15, -0.1) is 0 Å². The zero-order valence-electron chi connectivity index (χ0n) is 3.39. The van der Waals surface area contributed by atoms with Crippen molar-refractivity contribution in [1.29, 1.82) is 0 Å². The average molecular weight is 276 g/mol. The molecule has 0 aliphatic rings. The van der Waals surface area contributed by atoms with Gasteiger partial charge in [0, 0.05) is 44.8 Å². The van der Waals surface area contributed by atoms with E-state index in [-0.39, 0.29) is 72.1 Å². The Bertz CT molecular complexity index is 6.04. The van der Waals surface area contributed by atoms with Gasteiger partial charge in [0.15, 0.2) is 0 Å². The molecule has 0 spiro atoms. The van der Waals surface area contributed by atoms with Crippen LogP contribution in [0.4, 0.5) is 0 Å². The van der Waals surface area contributed by atoms with Crippen LogP contribution in [0.1, 0.15) is 0 Å². The van der Waals surface area contributed by atoms with E-state index in [1.165, 1.54) is 0 Å². The van der Waals surface area contributed by atoms with Crippen LogP contribution in [0.5, 0.6) is 0 Å². The van der Waals surface area contributed by atoms with Crippen LogP contribution in [-0.2, 0) is 44.8 Å². The van der Waals surface area contributed by atoms with E-state index in [1.807, 2.05) is 0 Å². The topological polar surface area (TPSA) is 158 Å². The molecule has 0 unspecified atom stereocenters. The first kappa shape index (κ1) is 268. The van der Waals surface area contributed by atoms with Crippen LogP contribution < -0.4 is 0 Å². The Kier molecular flexibility index (Phi) is 6700. The summed E-state index contributed by atoms with van der Waals surface area (Å²) in [6, 6.07) is 0. The summed E-state index contributed by atoms with van der Waals surface area (Å²) >= 11 is 0. The van der Waals surface area contributed by atoms with Crippen molar-refractivity contribution in [2.24, 2.45) is 0 Å². The second-order valence-electron chi connectivity index (χ2n) is 0. The predicted molar refractivity (Wildman–Crippen MR) is 18.1 cm³/mol. The molecule has 0 saturated heterocycles. The van der Waals surface area contributed by atoms with Gasteiger partial charge in [0.1, 0.15) is 0 Å². The van der Waals surface area contributed by atoms with Gasteiger partial charge in [-0.2, -0.15) is 0 Å². The van der Waals surface area contributed by atoms with Crippen molar-refractivity contribution >= 4 is 0 Å². The van der Waals surface area contributed by atoms with E-state index in [0.717, 1.165) is 0 Å².